The average Bonchev–Trinajstić information content (AvgIpc) is 2.10. The molecule has 70 valence electrons. The van der Waals surface area contributed by atoms with Crippen molar-refractivity contribution in [2.24, 2.45) is 0 Å². The Hall–Kier alpha value is -1.58. The Bertz CT molecular complexity index is 323. The van der Waals surface area contributed by atoms with Crippen LogP contribution >= 0.6 is 0 Å². The van der Waals surface area contributed by atoms with Crippen LogP contribution in [0.15, 0.2) is 12.3 Å². The highest BCUT2D eigenvalue weighted by Crippen LogP contribution is 2.19. The number of esters is 1. The minimum absolute atomic E-state index is 0.110. The summed E-state index contributed by atoms with van der Waals surface area (Å²) in [7, 11) is 0. The summed E-state index contributed by atoms with van der Waals surface area (Å²) in [5.74, 6) is -0.633. The molecule has 1 aromatic heterocycles. The van der Waals surface area contributed by atoms with Gasteiger partial charge in [0.05, 0.1) is 12.3 Å². The molecule has 0 saturated heterocycles. The molecule has 0 atom stereocenters. The molecule has 1 heterocycles. The van der Waals surface area contributed by atoms with Crippen LogP contribution in [0.5, 0.6) is 5.75 Å². The lowest BCUT2D eigenvalue weighted by Gasteiger charge is -2.04. The molecule has 1 aromatic rings. The third kappa shape index (κ3) is 1.96. The molecule has 4 nitrogen and oxygen atoms in total. The molecule has 0 aliphatic carbocycles. The fourth-order valence-electron chi connectivity index (χ4n) is 0.932. The van der Waals surface area contributed by atoms with Gasteiger partial charge >= 0.3 is 5.97 Å². The lowest BCUT2D eigenvalue weighted by molar-refractivity contribution is 0.0522. The number of pyridine rings is 1. The summed E-state index contributed by atoms with van der Waals surface area (Å²) < 4.78 is 4.74. The highest BCUT2D eigenvalue weighted by atomic mass is 16.5. The van der Waals surface area contributed by atoms with Crippen molar-refractivity contribution in [2.75, 3.05) is 6.61 Å². The van der Waals surface area contributed by atoms with Crippen LogP contribution in [0.4, 0.5) is 0 Å². The second-order valence-electron chi connectivity index (χ2n) is 2.51. The zero-order chi connectivity index (χ0) is 9.84. The minimum atomic E-state index is -0.523. The molecule has 0 aliphatic rings. The first kappa shape index (κ1) is 9.51. The molecule has 0 saturated carbocycles. The quantitative estimate of drug-likeness (QED) is 0.698. The van der Waals surface area contributed by atoms with Gasteiger partial charge in [0.25, 0.3) is 0 Å². The number of carbonyl (C=O) groups is 1. The molecule has 0 amide bonds. The average molecular weight is 181 g/mol. The van der Waals surface area contributed by atoms with Crippen LogP contribution in [0.2, 0.25) is 0 Å². The maximum atomic E-state index is 11.2. The standard InChI is InChI=1S/C9H11NO3/c1-3-13-9(12)7-4-5-10-6(2)8(7)11/h4-5,11H,3H2,1-2H3. The third-order valence-corrected chi connectivity index (χ3v) is 1.60. The maximum Gasteiger partial charge on any atom is 0.342 e. The minimum Gasteiger partial charge on any atom is -0.505 e. The van der Waals surface area contributed by atoms with Crippen LogP contribution in [0.3, 0.4) is 0 Å². The van der Waals surface area contributed by atoms with E-state index in [0.717, 1.165) is 0 Å². The van der Waals surface area contributed by atoms with E-state index in [1.54, 1.807) is 13.8 Å². The van der Waals surface area contributed by atoms with E-state index in [1.165, 1.54) is 12.3 Å². The summed E-state index contributed by atoms with van der Waals surface area (Å²) in [6.45, 7) is 3.63. The Kier molecular flexibility index (Phi) is 2.84. The van der Waals surface area contributed by atoms with Crippen molar-refractivity contribution in [2.45, 2.75) is 13.8 Å². The molecule has 0 spiro atoms. The van der Waals surface area contributed by atoms with E-state index in [1.807, 2.05) is 0 Å². The first-order valence-corrected chi connectivity index (χ1v) is 3.98. The van der Waals surface area contributed by atoms with Gasteiger partial charge in [-0.15, -0.1) is 0 Å². The fraction of sp³-hybridized carbons (Fsp3) is 0.333. The highest BCUT2D eigenvalue weighted by molar-refractivity contribution is 5.92. The van der Waals surface area contributed by atoms with Crippen molar-refractivity contribution in [1.29, 1.82) is 0 Å². The van der Waals surface area contributed by atoms with E-state index in [2.05, 4.69) is 4.98 Å². The van der Waals surface area contributed by atoms with Gasteiger partial charge in [0.15, 0.2) is 5.75 Å². The number of hydrogen-bond donors (Lipinski definition) is 1. The van der Waals surface area contributed by atoms with Crippen molar-refractivity contribution >= 4 is 5.97 Å². The van der Waals surface area contributed by atoms with Crippen LogP contribution in [-0.2, 0) is 4.74 Å². The van der Waals surface area contributed by atoms with Gasteiger partial charge in [0.1, 0.15) is 5.56 Å². The van der Waals surface area contributed by atoms with Crippen LogP contribution in [-0.4, -0.2) is 22.7 Å². The van der Waals surface area contributed by atoms with Gasteiger partial charge in [-0.05, 0) is 19.9 Å². The van der Waals surface area contributed by atoms with Gasteiger partial charge in [-0.25, -0.2) is 4.79 Å². The summed E-state index contributed by atoms with van der Waals surface area (Å²) in [6.07, 6.45) is 1.46. The summed E-state index contributed by atoms with van der Waals surface area (Å²) >= 11 is 0. The molecule has 0 fully saturated rings. The van der Waals surface area contributed by atoms with Crippen LogP contribution in [0.1, 0.15) is 23.0 Å². The van der Waals surface area contributed by atoms with Crippen molar-refractivity contribution in [3.05, 3.63) is 23.5 Å². The molecular weight excluding hydrogens is 170 g/mol. The Balaban J connectivity index is 3.01. The fourth-order valence-corrected chi connectivity index (χ4v) is 0.932. The number of carbonyl (C=O) groups excluding carboxylic acids is 1. The topological polar surface area (TPSA) is 59.4 Å². The van der Waals surface area contributed by atoms with Crippen molar-refractivity contribution in [3.8, 4) is 5.75 Å². The zero-order valence-corrected chi connectivity index (χ0v) is 7.57. The maximum absolute atomic E-state index is 11.2. The molecule has 13 heavy (non-hydrogen) atoms. The van der Waals surface area contributed by atoms with Crippen molar-refractivity contribution in [3.63, 3.8) is 0 Å². The number of aromatic nitrogens is 1. The number of ether oxygens (including phenoxy) is 1. The smallest absolute Gasteiger partial charge is 0.342 e. The van der Waals surface area contributed by atoms with Gasteiger partial charge in [-0.2, -0.15) is 0 Å². The van der Waals surface area contributed by atoms with Crippen LogP contribution in [0, 0.1) is 6.92 Å². The van der Waals surface area contributed by atoms with Crippen molar-refractivity contribution in [1.82, 2.24) is 4.98 Å². The van der Waals surface area contributed by atoms with E-state index in [0.29, 0.717) is 12.3 Å². The number of hydrogen-bond acceptors (Lipinski definition) is 4. The molecule has 0 bridgehead atoms. The number of nitrogens with zero attached hydrogens (tertiary/aromatic N) is 1. The lowest BCUT2D eigenvalue weighted by atomic mass is 10.2. The molecule has 0 unspecified atom stereocenters. The molecule has 1 N–H and O–H groups in total. The molecule has 1 rings (SSSR count). The van der Waals surface area contributed by atoms with E-state index in [4.69, 9.17) is 4.74 Å². The van der Waals surface area contributed by atoms with Gasteiger partial charge in [0, 0.05) is 6.20 Å². The van der Waals surface area contributed by atoms with E-state index in [9.17, 15) is 9.90 Å². The molecule has 0 aromatic carbocycles. The highest BCUT2D eigenvalue weighted by Gasteiger charge is 2.13. The van der Waals surface area contributed by atoms with Gasteiger partial charge in [-0.1, -0.05) is 0 Å². The Morgan fingerprint density at radius 2 is 2.38 bits per heavy atom. The second-order valence-corrected chi connectivity index (χ2v) is 2.51. The number of aromatic hydroxyl groups is 1. The van der Waals surface area contributed by atoms with E-state index < -0.39 is 5.97 Å². The summed E-state index contributed by atoms with van der Waals surface area (Å²) in [5.41, 5.74) is 0.583. The molecular formula is C9H11NO3. The first-order valence-electron chi connectivity index (χ1n) is 3.98. The monoisotopic (exact) mass is 181 g/mol. The summed E-state index contributed by atoms with van der Waals surface area (Å²) in [5, 5.41) is 9.43. The van der Waals surface area contributed by atoms with Crippen molar-refractivity contribution < 1.29 is 14.6 Å². The normalized spacial score (nSPS) is 9.69. The lowest BCUT2D eigenvalue weighted by Crippen LogP contribution is -2.05. The largest absolute Gasteiger partial charge is 0.505 e. The molecule has 0 aliphatic heterocycles. The van der Waals surface area contributed by atoms with Crippen LogP contribution in [0.25, 0.3) is 0 Å². The predicted octanol–water partition coefficient (Wildman–Crippen LogP) is 1.27. The Morgan fingerprint density at radius 3 is 3.00 bits per heavy atom. The van der Waals surface area contributed by atoms with E-state index >= 15 is 0 Å². The Morgan fingerprint density at radius 1 is 1.69 bits per heavy atom. The third-order valence-electron chi connectivity index (χ3n) is 1.60. The number of aryl methyl sites for hydroxylation is 1. The summed E-state index contributed by atoms with van der Waals surface area (Å²) in [6, 6.07) is 1.43. The number of rotatable bonds is 2. The predicted molar refractivity (Wildman–Crippen MR) is 46.6 cm³/mol. The van der Waals surface area contributed by atoms with Crippen LogP contribution < -0.4 is 0 Å². The van der Waals surface area contributed by atoms with E-state index in [-0.39, 0.29) is 11.3 Å². The SMILES string of the molecule is CCOC(=O)c1ccnc(C)c1O. The first-order chi connectivity index (χ1) is 6.16. The molecule has 0 radical (unpaired) electrons. The zero-order valence-electron chi connectivity index (χ0n) is 7.57. The Labute approximate surface area is 76.2 Å². The van der Waals surface area contributed by atoms with Gasteiger partial charge in [0.2, 0.25) is 0 Å². The van der Waals surface area contributed by atoms with Gasteiger partial charge in [-0.3, -0.25) is 4.98 Å². The van der Waals surface area contributed by atoms with Gasteiger partial charge < -0.3 is 9.84 Å². The second kappa shape index (κ2) is 3.89. The molecule has 4 heteroatoms. The summed E-state index contributed by atoms with van der Waals surface area (Å²) in [4.78, 5) is 15.0.